The molecule has 0 rings (SSSR count). The van der Waals surface area contributed by atoms with Crippen molar-refractivity contribution < 1.29 is 9.59 Å². The van der Waals surface area contributed by atoms with Gasteiger partial charge in [0.15, 0.2) is 0 Å². The highest BCUT2D eigenvalue weighted by Crippen LogP contribution is 2.07. The normalized spacial score (nSPS) is 14.1. The van der Waals surface area contributed by atoms with Crippen molar-refractivity contribution in [2.24, 2.45) is 11.7 Å². The molecule has 0 aromatic carbocycles. The summed E-state index contributed by atoms with van der Waals surface area (Å²) in [5.41, 5.74) is 5.80. The fourth-order valence-corrected chi connectivity index (χ4v) is 1.30. The quantitative estimate of drug-likeness (QED) is 0.671. The first kappa shape index (κ1) is 14.9. The van der Waals surface area contributed by atoms with Crippen molar-refractivity contribution >= 4 is 11.8 Å². The van der Waals surface area contributed by atoms with Gasteiger partial charge in [-0.2, -0.15) is 0 Å². The number of rotatable bonds is 6. The summed E-state index contributed by atoms with van der Waals surface area (Å²) in [6, 6.07) is -0.524. The van der Waals surface area contributed by atoms with Gasteiger partial charge in [-0.25, -0.2) is 0 Å². The Morgan fingerprint density at radius 3 is 2.38 bits per heavy atom. The van der Waals surface area contributed by atoms with Crippen molar-refractivity contribution in [3.05, 3.63) is 0 Å². The largest absolute Gasteiger partial charge is 0.355 e. The number of carbonyl (C=O) groups excluding carboxylic acids is 2. The highest BCUT2D eigenvalue weighted by atomic mass is 16.2. The molecular formula is C11H23N3O2. The number of nitrogens with zero attached hydrogens (tertiary/aromatic N) is 1. The van der Waals surface area contributed by atoms with E-state index in [2.05, 4.69) is 5.32 Å². The van der Waals surface area contributed by atoms with E-state index >= 15 is 0 Å². The lowest BCUT2D eigenvalue weighted by molar-refractivity contribution is -0.136. The molecular weight excluding hydrogens is 206 g/mol. The lowest BCUT2D eigenvalue weighted by Crippen LogP contribution is -2.48. The van der Waals surface area contributed by atoms with Crippen molar-refractivity contribution in [2.45, 2.75) is 33.2 Å². The number of carbonyl (C=O) groups is 2. The van der Waals surface area contributed by atoms with Gasteiger partial charge in [0.25, 0.3) is 0 Å². The van der Waals surface area contributed by atoms with Gasteiger partial charge < -0.3 is 16.0 Å². The Morgan fingerprint density at radius 2 is 1.94 bits per heavy atom. The molecule has 0 saturated carbocycles. The molecule has 0 aromatic rings. The minimum Gasteiger partial charge on any atom is -0.355 e. The number of likely N-dealkylation sites (N-methyl/N-ethyl adjacent to an activating group) is 2. The van der Waals surface area contributed by atoms with Crippen LogP contribution in [0.2, 0.25) is 0 Å². The third kappa shape index (κ3) is 4.61. The van der Waals surface area contributed by atoms with Gasteiger partial charge in [0.1, 0.15) is 0 Å². The Bertz CT molecular complexity index is 243. The van der Waals surface area contributed by atoms with Crippen LogP contribution in [0.1, 0.15) is 27.2 Å². The molecule has 2 amide bonds. The van der Waals surface area contributed by atoms with Crippen LogP contribution in [0.4, 0.5) is 0 Å². The van der Waals surface area contributed by atoms with Gasteiger partial charge in [0.2, 0.25) is 11.8 Å². The first-order valence-electron chi connectivity index (χ1n) is 5.71. The number of nitrogens with one attached hydrogen (secondary N) is 1. The second-order valence-electron chi connectivity index (χ2n) is 4.06. The van der Waals surface area contributed by atoms with Crippen LogP contribution in [0.5, 0.6) is 0 Å². The highest BCUT2D eigenvalue weighted by molar-refractivity contribution is 5.87. The molecule has 0 bridgehead atoms. The molecule has 2 atom stereocenters. The van der Waals surface area contributed by atoms with E-state index in [9.17, 15) is 9.59 Å². The summed E-state index contributed by atoms with van der Waals surface area (Å²) in [6.07, 6.45) is 0.849. The number of amides is 2. The Labute approximate surface area is 97.4 Å². The monoisotopic (exact) mass is 229 g/mol. The summed E-state index contributed by atoms with van der Waals surface area (Å²) >= 11 is 0. The topological polar surface area (TPSA) is 75.4 Å². The lowest BCUT2D eigenvalue weighted by atomic mass is 9.99. The molecule has 0 saturated heterocycles. The van der Waals surface area contributed by atoms with E-state index in [1.807, 2.05) is 20.8 Å². The molecule has 0 radical (unpaired) electrons. The van der Waals surface area contributed by atoms with E-state index < -0.39 is 6.04 Å². The molecule has 0 aliphatic carbocycles. The predicted molar refractivity (Wildman–Crippen MR) is 63.8 cm³/mol. The van der Waals surface area contributed by atoms with Gasteiger partial charge in [-0.3, -0.25) is 9.59 Å². The second-order valence-corrected chi connectivity index (χ2v) is 4.06. The zero-order valence-electron chi connectivity index (χ0n) is 10.6. The average molecular weight is 229 g/mol. The van der Waals surface area contributed by atoms with Crippen molar-refractivity contribution in [1.82, 2.24) is 10.2 Å². The SMILES string of the molecule is CCNC(=O)CN(C)C(=O)[C@@H](N)C(C)CC. The van der Waals surface area contributed by atoms with Crippen molar-refractivity contribution in [3.63, 3.8) is 0 Å². The molecule has 0 aliphatic rings. The molecule has 0 fully saturated rings. The maximum absolute atomic E-state index is 11.8. The molecule has 0 spiro atoms. The molecule has 1 unspecified atom stereocenters. The minimum absolute atomic E-state index is 0.0663. The zero-order valence-corrected chi connectivity index (χ0v) is 10.6. The summed E-state index contributed by atoms with van der Waals surface area (Å²) in [6.45, 7) is 6.39. The van der Waals surface area contributed by atoms with E-state index in [-0.39, 0.29) is 24.3 Å². The zero-order chi connectivity index (χ0) is 12.7. The molecule has 5 heteroatoms. The summed E-state index contributed by atoms with van der Waals surface area (Å²) in [4.78, 5) is 24.5. The second kappa shape index (κ2) is 7.22. The van der Waals surface area contributed by atoms with Crippen LogP contribution in [-0.2, 0) is 9.59 Å². The van der Waals surface area contributed by atoms with E-state index in [1.165, 1.54) is 4.90 Å². The smallest absolute Gasteiger partial charge is 0.239 e. The Morgan fingerprint density at radius 1 is 1.38 bits per heavy atom. The molecule has 0 aliphatic heterocycles. The van der Waals surface area contributed by atoms with Crippen molar-refractivity contribution in [3.8, 4) is 0 Å². The summed E-state index contributed by atoms with van der Waals surface area (Å²) < 4.78 is 0. The standard InChI is InChI=1S/C11H23N3O2/c1-5-8(3)10(12)11(16)14(4)7-9(15)13-6-2/h8,10H,5-7,12H2,1-4H3,(H,13,15)/t8?,10-/m0/s1. The van der Waals surface area contributed by atoms with Crippen LogP contribution in [0.3, 0.4) is 0 Å². The van der Waals surface area contributed by atoms with Crippen LogP contribution >= 0.6 is 0 Å². The van der Waals surface area contributed by atoms with Gasteiger partial charge in [-0.05, 0) is 12.8 Å². The van der Waals surface area contributed by atoms with E-state index in [0.29, 0.717) is 6.54 Å². The number of hydrogen-bond acceptors (Lipinski definition) is 3. The van der Waals surface area contributed by atoms with Crippen LogP contribution in [0.15, 0.2) is 0 Å². The number of nitrogens with two attached hydrogens (primary N) is 1. The molecule has 3 N–H and O–H groups in total. The van der Waals surface area contributed by atoms with Gasteiger partial charge in [0.05, 0.1) is 12.6 Å². The summed E-state index contributed by atoms with van der Waals surface area (Å²) in [5, 5.41) is 2.64. The summed E-state index contributed by atoms with van der Waals surface area (Å²) in [7, 11) is 1.60. The van der Waals surface area contributed by atoms with E-state index in [1.54, 1.807) is 7.05 Å². The van der Waals surface area contributed by atoms with Gasteiger partial charge in [0, 0.05) is 13.6 Å². The first-order valence-corrected chi connectivity index (χ1v) is 5.71. The van der Waals surface area contributed by atoms with Gasteiger partial charge >= 0.3 is 0 Å². The fraction of sp³-hybridized carbons (Fsp3) is 0.818. The predicted octanol–water partition coefficient (Wildman–Crippen LogP) is -0.0457. The van der Waals surface area contributed by atoms with E-state index in [4.69, 9.17) is 5.73 Å². The lowest BCUT2D eigenvalue weighted by Gasteiger charge is -2.24. The molecule has 5 nitrogen and oxygen atoms in total. The van der Waals surface area contributed by atoms with Crippen LogP contribution in [0, 0.1) is 5.92 Å². The molecule has 94 valence electrons. The Balaban J connectivity index is 4.22. The maximum atomic E-state index is 11.8. The number of hydrogen-bond donors (Lipinski definition) is 2. The third-order valence-electron chi connectivity index (χ3n) is 2.67. The molecule has 16 heavy (non-hydrogen) atoms. The summed E-state index contributed by atoms with van der Waals surface area (Å²) in [5.74, 6) is -0.209. The highest BCUT2D eigenvalue weighted by Gasteiger charge is 2.23. The Hall–Kier alpha value is -1.10. The van der Waals surface area contributed by atoms with Gasteiger partial charge in [-0.15, -0.1) is 0 Å². The van der Waals surface area contributed by atoms with Gasteiger partial charge in [-0.1, -0.05) is 20.3 Å². The fourth-order valence-electron chi connectivity index (χ4n) is 1.30. The molecule has 0 heterocycles. The molecule has 0 aromatic heterocycles. The average Bonchev–Trinajstić information content (AvgIpc) is 2.26. The van der Waals surface area contributed by atoms with Crippen molar-refractivity contribution in [2.75, 3.05) is 20.1 Å². The first-order chi connectivity index (χ1) is 7.43. The maximum Gasteiger partial charge on any atom is 0.239 e. The van der Waals surface area contributed by atoms with E-state index in [0.717, 1.165) is 6.42 Å². The minimum atomic E-state index is -0.524. The van der Waals surface area contributed by atoms with Crippen LogP contribution < -0.4 is 11.1 Å². The van der Waals surface area contributed by atoms with Crippen LogP contribution in [0.25, 0.3) is 0 Å². The third-order valence-corrected chi connectivity index (χ3v) is 2.67. The van der Waals surface area contributed by atoms with Crippen molar-refractivity contribution in [1.29, 1.82) is 0 Å². The Kier molecular flexibility index (Phi) is 6.72. The van der Waals surface area contributed by atoms with Crippen LogP contribution in [-0.4, -0.2) is 42.9 Å².